The Morgan fingerprint density at radius 3 is 1.90 bits per heavy atom. The van der Waals surface area contributed by atoms with Gasteiger partial charge in [-0.05, 0) is 46.3 Å². The third-order valence-corrected chi connectivity index (χ3v) is 5.87. The number of unbranched alkanes of at least 4 members (excludes halogenated alkanes) is 11. The topological polar surface area (TPSA) is 41.6 Å². The molecule has 1 atom stereocenters. The number of hydrogen-bond acceptors (Lipinski definition) is 4. The molecule has 0 spiro atoms. The smallest absolute Gasteiger partial charge is 0.308 e. The molecule has 1 N–H and O–H groups in total. The van der Waals surface area contributed by atoms with Gasteiger partial charge in [0, 0.05) is 13.1 Å². The number of carbonyl (C=O) groups is 1. The largest absolute Gasteiger partial charge is 0.465 e. The predicted octanol–water partition coefficient (Wildman–Crippen LogP) is 6.58. The Morgan fingerprint density at radius 1 is 0.733 bits per heavy atom. The number of hydrogen-bond donors (Lipinski definition) is 1. The average Bonchev–Trinajstić information content (AvgIpc) is 2.73. The third kappa shape index (κ3) is 20.7. The number of rotatable bonds is 23. The molecule has 0 fully saturated rings. The summed E-state index contributed by atoms with van der Waals surface area (Å²) in [5, 5.41) is 3.48. The molecule has 0 saturated heterocycles. The second-order valence-electron chi connectivity index (χ2n) is 9.24. The number of nitrogens with one attached hydrogen (secondary N) is 1. The van der Waals surface area contributed by atoms with E-state index >= 15 is 0 Å². The molecule has 0 aromatic carbocycles. The standard InChI is InChI=1S/C26H54N2O2/c1-5-7-9-11-12-16-20-25(19-15-10-8-6-2)26(29)30-24-18-14-13-17-21-27-22-23-28(3)4/h25,27H,5-24H2,1-4H3. The van der Waals surface area contributed by atoms with E-state index in [1.165, 1.54) is 77.0 Å². The fraction of sp³-hybridized carbons (Fsp3) is 0.962. The molecule has 0 aromatic rings. The number of carbonyl (C=O) groups excluding carboxylic acids is 1. The lowest BCUT2D eigenvalue weighted by Gasteiger charge is -2.16. The van der Waals surface area contributed by atoms with Crippen LogP contribution in [0.2, 0.25) is 0 Å². The van der Waals surface area contributed by atoms with E-state index in [4.69, 9.17) is 4.74 Å². The van der Waals surface area contributed by atoms with Crippen LogP contribution in [0, 0.1) is 5.92 Å². The molecule has 180 valence electrons. The van der Waals surface area contributed by atoms with Crippen molar-refractivity contribution in [3.63, 3.8) is 0 Å². The molecular formula is C26H54N2O2. The Balaban J connectivity index is 3.86. The molecule has 4 heteroatoms. The summed E-state index contributed by atoms with van der Waals surface area (Å²) in [5.41, 5.74) is 0. The summed E-state index contributed by atoms with van der Waals surface area (Å²) < 4.78 is 5.67. The normalized spacial score (nSPS) is 12.4. The lowest BCUT2D eigenvalue weighted by atomic mass is 9.94. The Kier molecular flexibility index (Phi) is 22.6. The van der Waals surface area contributed by atoms with Crippen LogP contribution in [-0.4, -0.2) is 51.2 Å². The van der Waals surface area contributed by atoms with Crippen LogP contribution in [0.5, 0.6) is 0 Å². The zero-order valence-electron chi connectivity index (χ0n) is 21.0. The first kappa shape index (κ1) is 29.4. The molecule has 0 aliphatic heterocycles. The van der Waals surface area contributed by atoms with Gasteiger partial charge in [-0.2, -0.15) is 0 Å². The molecule has 0 aliphatic carbocycles. The first-order valence-corrected chi connectivity index (χ1v) is 13.1. The minimum Gasteiger partial charge on any atom is -0.465 e. The summed E-state index contributed by atoms with van der Waals surface area (Å²) in [6.07, 6.45) is 19.3. The van der Waals surface area contributed by atoms with Gasteiger partial charge < -0.3 is 15.0 Å². The van der Waals surface area contributed by atoms with Crippen LogP contribution in [0.1, 0.15) is 117 Å². The first-order valence-electron chi connectivity index (χ1n) is 13.1. The lowest BCUT2D eigenvalue weighted by molar-refractivity contribution is -0.149. The maximum absolute atomic E-state index is 12.6. The van der Waals surface area contributed by atoms with Gasteiger partial charge >= 0.3 is 5.97 Å². The van der Waals surface area contributed by atoms with Crippen molar-refractivity contribution in [2.45, 2.75) is 117 Å². The SMILES string of the molecule is CCCCCCCCC(CCCCCC)C(=O)OCCCCCCNCCN(C)C. The van der Waals surface area contributed by atoms with Gasteiger partial charge in [-0.3, -0.25) is 4.79 Å². The maximum Gasteiger partial charge on any atom is 0.308 e. The van der Waals surface area contributed by atoms with Gasteiger partial charge in [-0.1, -0.05) is 90.9 Å². The summed E-state index contributed by atoms with van der Waals surface area (Å²) in [6, 6.07) is 0. The minimum atomic E-state index is 0.0745. The molecule has 4 nitrogen and oxygen atoms in total. The van der Waals surface area contributed by atoms with Gasteiger partial charge in [0.05, 0.1) is 12.5 Å². The van der Waals surface area contributed by atoms with Crippen LogP contribution in [0.25, 0.3) is 0 Å². The van der Waals surface area contributed by atoms with E-state index in [1.54, 1.807) is 0 Å². The highest BCUT2D eigenvalue weighted by atomic mass is 16.5. The third-order valence-electron chi connectivity index (χ3n) is 5.87. The van der Waals surface area contributed by atoms with Crippen LogP contribution in [-0.2, 0) is 9.53 Å². The van der Waals surface area contributed by atoms with Crippen LogP contribution < -0.4 is 5.32 Å². The molecule has 0 aromatic heterocycles. The van der Waals surface area contributed by atoms with Crippen LogP contribution in [0.3, 0.4) is 0 Å². The minimum absolute atomic E-state index is 0.0745. The van der Waals surface area contributed by atoms with Crippen molar-refractivity contribution in [3.05, 3.63) is 0 Å². The fourth-order valence-electron chi connectivity index (χ4n) is 3.79. The van der Waals surface area contributed by atoms with Crippen molar-refractivity contribution in [1.29, 1.82) is 0 Å². The second-order valence-corrected chi connectivity index (χ2v) is 9.24. The summed E-state index contributed by atoms with van der Waals surface area (Å²) >= 11 is 0. The maximum atomic E-state index is 12.6. The molecule has 1 unspecified atom stereocenters. The van der Waals surface area contributed by atoms with Crippen molar-refractivity contribution in [2.24, 2.45) is 5.92 Å². The zero-order valence-corrected chi connectivity index (χ0v) is 21.0. The lowest BCUT2D eigenvalue weighted by Crippen LogP contribution is -2.27. The van der Waals surface area contributed by atoms with Crippen molar-refractivity contribution >= 4 is 5.97 Å². The second kappa shape index (κ2) is 23.1. The molecule has 0 heterocycles. The molecule has 0 saturated carbocycles. The Labute approximate surface area is 188 Å². The van der Waals surface area contributed by atoms with Crippen molar-refractivity contribution in [1.82, 2.24) is 10.2 Å². The Morgan fingerprint density at radius 2 is 1.27 bits per heavy atom. The van der Waals surface area contributed by atoms with Gasteiger partial charge in [0.2, 0.25) is 0 Å². The Hall–Kier alpha value is -0.610. The van der Waals surface area contributed by atoms with E-state index in [9.17, 15) is 4.79 Å². The van der Waals surface area contributed by atoms with E-state index in [-0.39, 0.29) is 11.9 Å². The summed E-state index contributed by atoms with van der Waals surface area (Å²) in [4.78, 5) is 14.8. The van der Waals surface area contributed by atoms with Gasteiger partial charge in [0.25, 0.3) is 0 Å². The van der Waals surface area contributed by atoms with E-state index in [0.29, 0.717) is 6.61 Å². The van der Waals surface area contributed by atoms with Crippen molar-refractivity contribution < 1.29 is 9.53 Å². The van der Waals surface area contributed by atoms with Crippen LogP contribution in [0.15, 0.2) is 0 Å². The van der Waals surface area contributed by atoms with E-state index in [2.05, 4.69) is 38.2 Å². The molecule has 30 heavy (non-hydrogen) atoms. The molecular weight excluding hydrogens is 372 g/mol. The molecule has 0 amide bonds. The predicted molar refractivity (Wildman–Crippen MR) is 131 cm³/mol. The summed E-state index contributed by atoms with van der Waals surface area (Å²) in [5.74, 6) is 0.208. The monoisotopic (exact) mass is 426 g/mol. The quantitative estimate of drug-likeness (QED) is 0.148. The average molecular weight is 427 g/mol. The first-order chi connectivity index (χ1) is 14.6. The summed E-state index contributed by atoms with van der Waals surface area (Å²) in [7, 11) is 4.21. The molecule has 0 radical (unpaired) electrons. The molecule has 0 rings (SSSR count). The number of esters is 1. The van der Waals surface area contributed by atoms with E-state index < -0.39 is 0 Å². The van der Waals surface area contributed by atoms with Gasteiger partial charge in [-0.25, -0.2) is 0 Å². The highest BCUT2D eigenvalue weighted by Gasteiger charge is 2.19. The van der Waals surface area contributed by atoms with Crippen LogP contribution in [0.4, 0.5) is 0 Å². The van der Waals surface area contributed by atoms with Crippen molar-refractivity contribution in [3.8, 4) is 0 Å². The van der Waals surface area contributed by atoms with Gasteiger partial charge in [0.1, 0.15) is 0 Å². The number of nitrogens with zero attached hydrogens (tertiary/aromatic N) is 1. The number of likely N-dealkylation sites (N-methyl/N-ethyl adjacent to an activating group) is 1. The fourth-order valence-corrected chi connectivity index (χ4v) is 3.79. The van der Waals surface area contributed by atoms with Gasteiger partial charge in [0.15, 0.2) is 0 Å². The van der Waals surface area contributed by atoms with Gasteiger partial charge in [-0.15, -0.1) is 0 Å². The highest BCUT2D eigenvalue weighted by molar-refractivity contribution is 5.72. The highest BCUT2D eigenvalue weighted by Crippen LogP contribution is 2.20. The van der Waals surface area contributed by atoms with Crippen molar-refractivity contribution in [2.75, 3.05) is 40.3 Å². The molecule has 0 bridgehead atoms. The van der Waals surface area contributed by atoms with E-state index in [0.717, 1.165) is 45.3 Å². The van der Waals surface area contributed by atoms with E-state index in [1.807, 2.05) is 0 Å². The zero-order chi connectivity index (χ0) is 22.3. The number of ether oxygens (including phenoxy) is 1. The Bertz CT molecular complexity index is 361. The van der Waals surface area contributed by atoms with Crippen LogP contribution >= 0.6 is 0 Å². The summed E-state index contributed by atoms with van der Waals surface area (Å²) in [6.45, 7) is 8.34. The molecule has 0 aliphatic rings.